The van der Waals surface area contributed by atoms with Crippen LogP contribution in [0.25, 0.3) is 0 Å². The lowest BCUT2D eigenvalue weighted by Gasteiger charge is -2.05. The van der Waals surface area contributed by atoms with Gasteiger partial charge in [0.15, 0.2) is 0 Å². The summed E-state index contributed by atoms with van der Waals surface area (Å²) in [7, 11) is 3.48. The molecule has 0 aromatic carbocycles. The minimum absolute atomic E-state index is 0.639. The van der Waals surface area contributed by atoms with Crippen LogP contribution in [0.2, 0.25) is 0 Å². The molecule has 0 spiro atoms. The first-order valence-corrected chi connectivity index (χ1v) is 5.90. The molecule has 2 heterocycles. The van der Waals surface area contributed by atoms with Crippen LogP contribution in [0.3, 0.4) is 0 Å². The lowest BCUT2D eigenvalue weighted by molar-refractivity contribution is 0.373. The summed E-state index contributed by atoms with van der Waals surface area (Å²) >= 11 is 3.43. The van der Waals surface area contributed by atoms with Crippen LogP contribution < -0.4 is 10.1 Å². The number of nitrogens with one attached hydrogen (secondary N) is 1. The second-order valence-electron chi connectivity index (χ2n) is 3.51. The van der Waals surface area contributed by atoms with Gasteiger partial charge in [0.2, 0.25) is 5.88 Å². The van der Waals surface area contributed by atoms with Crippen molar-refractivity contribution in [2.75, 3.05) is 12.4 Å². The van der Waals surface area contributed by atoms with Gasteiger partial charge in [-0.05, 0) is 22.0 Å². The molecule has 1 N–H and O–H groups in total. The zero-order chi connectivity index (χ0) is 12.3. The van der Waals surface area contributed by atoms with Crippen molar-refractivity contribution in [2.45, 2.75) is 6.54 Å². The van der Waals surface area contributed by atoms with Gasteiger partial charge in [-0.1, -0.05) is 0 Å². The number of ether oxygens (including phenoxy) is 1. The molecule has 0 bridgehead atoms. The van der Waals surface area contributed by atoms with Crippen LogP contribution in [0.4, 0.5) is 5.69 Å². The van der Waals surface area contributed by atoms with Gasteiger partial charge in [0.05, 0.1) is 29.5 Å². The van der Waals surface area contributed by atoms with Crippen LogP contribution in [0.15, 0.2) is 29.0 Å². The van der Waals surface area contributed by atoms with E-state index in [-0.39, 0.29) is 0 Å². The molecule has 0 fully saturated rings. The molecule has 5 nitrogen and oxygen atoms in total. The first kappa shape index (κ1) is 11.9. The number of aromatic nitrogens is 3. The van der Waals surface area contributed by atoms with Crippen molar-refractivity contribution in [1.82, 2.24) is 14.8 Å². The molecule has 0 unspecified atom stereocenters. The number of hydrogen-bond donors (Lipinski definition) is 1. The van der Waals surface area contributed by atoms with E-state index in [2.05, 4.69) is 31.3 Å². The molecule has 90 valence electrons. The Kier molecular flexibility index (Phi) is 3.63. The molecule has 2 aromatic rings. The first-order chi connectivity index (χ1) is 8.20. The maximum Gasteiger partial charge on any atom is 0.211 e. The maximum atomic E-state index is 5.15. The molecular weight excluding hydrogens is 284 g/mol. The Morgan fingerprint density at radius 3 is 3.00 bits per heavy atom. The smallest absolute Gasteiger partial charge is 0.211 e. The Labute approximate surface area is 108 Å². The van der Waals surface area contributed by atoms with E-state index in [0.29, 0.717) is 6.54 Å². The summed E-state index contributed by atoms with van der Waals surface area (Å²) in [6.45, 7) is 0.639. The highest BCUT2D eigenvalue weighted by Crippen LogP contribution is 2.21. The largest absolute Gasteiger partial charge is 0.481 e. The summed E-state index contributed by atoms with van der Waals surface area (Å²) in [5.41, 5.74) is 1.91. The highest BCUT2D eigenvalue weighted by molar-refractivity contribution is 9.10. The third kappa shape index (κ3) is 2.76. The summed E-state index contributed by atoms with van der Waals surface area (Å²) in [5, 5.41) is 7.60. The van der Waals surface area contributed by atoms with Crippen LogP contribution >= 0.6 is 15.9 Å². The number of nitrogens with zero attached hydrogens (tertiary/aromatic N) is 3. The lowest BCUT2D eigenvalue weighted by atomic mass is 10.3. The van der Waals surface area contributed by atoms with E-state index in [0.717, 1.165) is 21.7 Å². The zero-order valence-electron chi connectivity index (χ0n) is 9.64. The van der Waals surface area contributed by atoms with Crippen molar-refractivity contribution < 1.29 is 4.74 Å². The third-order valence-corrected chi connectivity index (χ3v) is 2.96. The molecule has 2 aromatic heterocycles. The molecule has 0 radical (unpaired) electrons. The molecule has 0 aliphatic heterocycles. The molecule has 0 aliphatic carbocycles. The minimum Gasteiger partial charge on any atom is -0.481 e. The monoisotopic (exact) mass is 296 g/mol. The highest BCUT2D eigenvalue weighted by Gasteiger charge is 2.05. The Morgan fingerprint density at radius 2 is 2.35 bits per heavy atom. The average molecular weight is 297 g/mol. The van der Waals surface area contributed by atoms with Crippen molar-refractivity contribution in [3.05, 3.63) is 34.7 Å². The van der Waals surface area contributed by atoms with Gasteiger partial charge in [0.1, 0.15) is 0 Å². The highest BCUT2D eigenvalue weighted by atomic mass is 79.9. The second kappa shape index (κ2) is 5.18. The Balaban J connectivity index is 2.05. The fourth-order valence-electron chi connectivity index (χ4n) is 1.49. The van der Waals surface area contributed by atoms with E-state index in [1.54, 1.807) is 24.2 Å². The average Bonchev–Trinajstić information content (AvgIpc) is 2.69. The molecule has 0 amide bonds. The zero-order valence-corrected chi connectivity index (χ0v) is 11.2. The predicted octanol–water partition coefficient (Wildman–Crippen LogP) is 2.20. The molecule has 0 saturated heterocycles. The van der Waals surface area contributed by atoms with Gasteiger partial charge in [0.25, 0.3) is 0 Å². The van der Waals surface area contributed by atoms with E-state index in [1.165, 1.54) is 0 Å². The number of halogens is 1. The molecule has 2 rings (SSSR count). The van der Waals surface area contributed by atoms with Gasteiger partial charge in [0, 0.05) is 25.5 Å². The van der Waals surface area contributed by atoms with Gasteiger partial charge in [-0.2, -0.15) is 5.10 Å². The van der Waals surface area contributed by atoms with E-state index in [9.17, 15) is 0 Å². The molecule has 17 heavy (non-hydrogen) atoms. The quantitative estimate of drug-likeness (QED) is 0.940. The van der Waals surface area contributed by atoms with E-state index in [1.807, 2.05) is 19.2 Å². The van der Waals surface area contributed by atoms with Gasteiger partial charge in [-0.25, -0.2) is 4.68 Å². The molecule has 6 heteroatoms. The van der Waals surface area contributed by atoms with E-state index < -0.39 is 0 Å². The Bertz CT molecular complexity index is 512. The molecule has 0 aliphatic rings. The number of aryl methyl sites for hydroxylation is 1. The normalized spacial score (nSPS) is 10.3. The summed E-state index contributed by atoms with van der Waals surface area (Å²) in [4.78, 5) is 4.00. The van der Waals surface area contributed by atoms with E-state index >= 15 is 0 Å². The SMILES string of the molecule is COc1cc(CNc2ccncc2Br)nn1C. The minimum atomic E-state index is 0.639. The first-order valence-electron chi connectivity index (χ1n) is 5.11. The van der Waals surface area contributed by atoms with Crippen LogP contribution in [0.1, 0.15) is 5.69 Å². The van der Waals surface area contributed by atoms with Gasteiger partial charge < -0.3 is 10.1 Å². The molecule has 0 atom stereocenters. The fraction of sp³-hybridized carbons (Fsp3) is 0.273. The maximum absolute atomic E-state index is 5.15. The van der Waals surface area contributed by atoms with Crippen LogP contribution in [-0.2, 0) is 13.6 Å². The molecule has 0 saturated carbocycles. The van der Waals surface area contributed by atoms with Crippen molar-refractivity contribution in [1.29, 1.82) is 0 Å². The van der Waals surface area contributed by atoms with E-state index in [4.69, 9.17) is 4.74 Å². The van der Waals surface area contributed by atoms with Gasteiger partial charge in [-0.3, -0.25) is 4.98 Å². The Hall–Kier alpha value is -1.56. The number of rotatable bonds is 4. The fourth-order valence-corrected chi connectivity index (χ4v) is 1.88. The Morgan fingerprint density at radius 1 is 1.53 bits per heavy atom. The van der Waals surface area contributed by atoms with Crippen molar-refractivity contribution in [3.63, 3.8) is 0 Å². The topological polar surface area (TPSA) is 52.0 Å². The summed E-state index contributed by atoms with van der Waals surface area (Å²) in [5.74, 6) is 0.746. The molecular formula is C11H13BrN4O. The second-order valence-corrected chi connectivity index (χ2v) is 4.37. The van der Waals surface area contributed by atoms with Crippen LogP contribution in [0.5, 0.6) is 5.88 Å². The third-order valence-electron chi connectivity index (χ3n) is 2.33. The van der Waals surface area contributed by atoms with Crippen molar-refractivity contribution >= 4 is 21.6 Å². The summed E-state index contributed by atoms with van der Waals surface area (Å²) in [6.07, 6.45) is 3.49. The standard InChI is InChI=1S/C11H13BrN4O/c1-16-11(17-2)5-8(15-16)6-14-10-3-4-13-7-9(10)12/h3-5,7H,6H2,1-2H3,(H,13,14). The van der Waals surface area contributed by atoms with Gasteiger partial charge in [-0.15, -0.1) is 0 Å². The summed E-state index contributed by atoms with van der Waals surface area (Å²) in [6, 6.07) is 3.81. The van der Waals surface area contributed by atoms with Crippen LogP contribution in [-0.4, -0.2) is 21.9 Å². The number of pyridine rings is 1. The number of hydrogen-bond acceptors (Lipinski definition) is 4. The summed E-state index contributed by atoms with van der Waals surface area (Å²) < 4.78 is 7.80. The number of anilines is 1. The number of methoxy groups -OCH3 is 1. The van der Waals surface area contributed by atoms with Crippen molar-refractivity contribution in [3.8, 4) is 5.88 Å². The van der Waals surface area contributed by atoms with Crippen LogP contribution in [0, 0.1) is 0 Å². The van der Waals surface area contributed by atoms with Crippen molar-refractivity contribution in [2.24, 2.45) is 7.05 Å². The lowest BCUT2D eigenvalue weighted by Crippen LogP contribution is -2.02. The predicted molar refractivity (Wildman–Crippen MR) is 69.0 cm³/mol. The van der Waals surface area contributed by atoms with Gasteiger partial charge >= 0.3 is 0 Å².